The number of aryl methyl sites for hydroxylation is 1. The Morgan fingerprint density at radius 1 is 0.976 bits per heavy atom. The van der Waals surface area contributed by atoms with Crippen LogP contribution in [-0.4, -0.2) is 37.0 Å². The second-order valence-corrected chi connectivity index (χ2v) is 17.5. The minimum absolute atomic E-state index is 0.00360. The lowest BCUT2D eigenvalue weighted by Crippen LogP contribution is -2.44. The molecule has 3 aromatic carbocycles. The summed E-state index contributed by atoms with van der Waals surface area (Å²) in [6, 6.07) is 20.7. The molecular weight excluding hydrogens is 552 g/mol. The fourth-order valence-corrected chi connectivity index (χ4v) is 5.88. The van der Waals surface area contributed by atoms with Crippen LogP contribution in [0.1, 0.15) is 62.5 Å². The van der Waals surface area contributed by atoms with Gasteiger partial charge < -0.3 is 25.3 Å². The van der Waals surface area contributed by atoms with Gasteiger partial charge in [0.1, 0.15) is 11.5 Å². The molecule has 0 spiro atoms. The number of halogens is 1. The van der Waals surface area contributed by atoms with Crippen molar-refractivity contribution in [2.45, 2.75) is 83.8 Å². The van der Waals surface area contributed by atoms with Crippen molar-refractivity contribution in [3.8, 4) is 11.5 Å². The van der Waals surface area contributed by atoms with Crippen molar-refractivity contribution in [2.75, 3.05) is 6.54 Å². The quantitative estimate of drug-likeness (QED) is 0.156. The van der Waals surface area contributed by atoms with E-state index in [-0.39, 0.29) is 34.6 Å². The average Bonchev–Trinajstić information content (AvgIpc) is 2.88. The number of benzene rings is 3. The van der Waals surface area contributed by atoms with E-state index in [2.05, 4.69) is 69.6 Å². The van der Waals surface area contributed by atoms with E-state index in [1.807, 2.05) is 30.3 Å². The Hall–Kier alpha value is -2.84. The first kappa shape index (κ1) is 32.7. The molecule has 3 rings (SSSR count). The molecule has 0 aromatic heterocycles. The Morgan fingerprint density at radius 2 is 1.63 bits per heavy atom. The van der Waals surface area contributed by atoms with E-state index in [1.165, 1.54) is 11.6 Å². The smallest absolute Gasteiger partial charge is 0.220 e. The van der Waals surface area contributed by atoms with E-state index < -0.39 is 8.32 Å². The normalized spacial score (nSPS) is 13.5. The molecule has 2 atom stereocenters. The molecule has 6 nitrogen and oxygen atoms in total. The van der Waals surface area contributed by atoms with E-state index in [9.17, 15) is 15.0 Å². The van der Waals surface area contributed by atoms with Gasteiger partial charge in [-0.25, -0.2) is 0 Å². The van der Waals surface area contributed by atoms with Crippen LogP contribution in [0.4, 0.5) is 0 Å². The highest BCUT2D eigenvalue weighted by Gasteiger charge is 2.39. The minimum atomic E-state index is -2.13. The van der Waals surface area contributed by atoms with Crippen LogP contribution in [0.5, 0.6) is 11.5 Å². The van der Waals surface area contributed by atoms with Crippen molar-refractivity contribution >= 4 is 25.8 Å². The van der Waals surface area contributed by atoms with Crippen LogP contribution in [0.25, 0.3) is 0 Å². The van der Waals surface area contributed by atoms with Gasteiger partial charge in [0.25, 0.3) is 0 Å². The summed E-state index contributed by atoms with van der Waals surface area (Å²) in [6.07, 6.45) is 1.56. The summed E-state index contributed by atoms with van der Waals surface area (Å²) in [6.45, 7) is 14.1. The van der Waals surface area contributed by atoms with Gasteiger partial charge in [0.2, 0.25) is 5.91 Å². The van der Waals surface area contributed by atoms with Crippen LogP contribution in [-0.2, 0) is 28.6 Å². The maximum atomic E-state index is 12.4. The Morgan fingerprint density at radius 3 is 2.29 bits per heavy atom. The van der Waals surface area contributed by atoms with Crippen LogP contribution in [0.3, 0.4) is 0 Å². The van der Waals surface area contributed by atoms with Gasteiger partial charge in [0, 0.05) is 36.6 Å². The topological polar surface area (TPSA) is 90.8 Å². The fraction of sp³-hybridized carbons (Fsp3) is 0.424. The number of rotatable bonds is 13. The van der Waals surface area contributed by atoms with Crippen LogP contribution < -0.4 is 10.6 Å². The average molecular weight is 597 g/mol. The van der Waals surface area contributed by atoms with Crippen LogP contribution in [0.15, 0.2) is 66.7 Å². The maximum Gasteiger partial charge on any atom is 0.220 e. The molecule has 0 aliphatic rings. The Bertz CT molecular complexity index is 1290. The van der Waals surface area contributed by atoms with E-state index in [0.717, 1.165) is 23.1 Å². The van der Waals surface area contributed by atoms with Gasteiger partial charge in [0.05, 0.1) is 6.10 Å². The monoisotopic (exact) mass is 596 g/mol. The number of phenols is 2. The highest BCUT2D eigenvalue weighted by Crippen LogP contribution is 2.40. The van der Waals surface area contributed by atoms with E-state index in [1.54, 1.807) is 12.1 Å². The van der Waals surface area contributed by atoms with Gasteiger partial charge in [-0.05, 0) is 78.4 Å². The van der Waals surface area contributed by atoms with Gasteiger partial charge in [-0.3, -0.25) is 4.79 Å². The van der Waals surface area contributed by atoms with E-state index in [4.69, 9.17) is 16.0 Å². The molecular formula is C33H45ClN2O4Si. The summed E-state index contributed by atoms with van der Waals surface area (Å²) in [5, 5.41) is 27.5. The number of amides is 1. The predicted molar refractivity (Wildman–Crippen MR) is 170 cm³/mol. The molecule has 0 aliphatic heterocycles. The molecule has 0 aliphatic carbocycles. The lowest BCUT2D eigenvalue weighted by atomic mass is 10.0. The fourth-order valence-electron chi connectivity index (χ4n) is 4.39. The lowest BCUT2D eigenvalue weighted by Gasteiger charge is -2.39. The van der Waals surface area contributed by atoms with Crippen molar-refractivity contribution in [3.05, 3.63) is 94.0 Å². The predicted octanol–water partition coefficient (Wildman–Crippen LogP) is 7.28. The molecule has 1 amide bonds. The largest absolute Gasteiger partial charge is 0.508 e. The van der Waals surface area contributed by atoms with Crippen molar-refractivity contribution in [3.63, 3.8) is 0 Å². The molecule has 0 fully saturated rings. The molecule has 3 aromatic rings. The number of carbonyl (C=O) groups is 1. The summed E-state index contributed by atoms with van der Waals surface area (Å²) in [7, 11) is -2.13. The number of aromatic hydroxyl groups is 2. The Labute approximate surface area is 251 Å². The molecule has 8 heteroatoms. The van der Waals surface area contributed by atoms with E-state index >= 15 is 0 Å². The summed E-state index contributed by atoms with van der Waals surface area (Å²) in [5.74, 6) is 0.0357. The van der Waals surface area contributed by atoms with Crippen LogP contribution in [0.2, 0.25) is 23.2 Å². The van der Waals surface area contributed by atoms with Gasteiger partial charge in [-0.15, -0.1) is 0 Å². The highest BCUT2D eigenvalue weighted by atomic mass is 35.5. The number of hydrogen-bond acceptors (Lipinski definition) is 5. The molecule has 0 saturated heterocycles. The zero-order valence-corrected chi connectivity index (χ0v) is 26.9. The second-order valence-electron chi connectivity index (χ2n) is 12.4. The van der Waals surface area contributed by atoms with E-state index in [0.29, 0.717) is 31.0 Å². The minimum Gasteiger partial charge on any atom is -0.508 e. The molecule has 0 heterocycles. The molecule has 0 unspecified atom stereocenters. The van der Waals surface area contributed by atoms with Crippen molar-refractivity contribution in [2.24, 2.45) is 0 Å². The zero-order valence-electron chi connectivity index (χ0n) is 25.1. The molecule has 0 bridgehead atoms. The number of phenolic OH excluding ortho intramolecular Hbond substituents is 2. The third-order valence-corrected chi connectivity index (χ3v) is 12.7. The molecule has 0 radical (unpaired) electrons. The van der Waals surface area contributed by atoms with Gasteiger partial charge in [-0.2, -0.15) is 0 Å². The van der Waals surface area contributed by atoms with Crippen molar-refractivity contribution in [1.29, 1.82) is 0 Å². The van der Waals surface area contributed by atoms with Crippen LogP contribution >= 0.6 is 11.6 Å². The summed E-state index contributed by atoms with van der Waals surface area (Å²) in [4.78, 5) is 12.4. The Balaban J connectivity index is 1.57. The van der Waals surface area contributed by atoms with Crippen LogP contribution in [0, 0.1) is 0 Å². The summed E-state index contributed by atoms with van der Waals surface area (Å²) >= 11 is 6.19. The molecule has 0 saturated carbocycles. The van der Waals surface area contributed by atoms with Gasteiger partial charge >= 0.3 is 0 Å². The molecule has 222 valence electrons. The zero-order chi connectivity index (χ0) is 30.2. The van der Waals surface area contributed by atoms with Crippen molar-refractivity contribution in [1.82, 2.24) is 10.6 Å². The lowest BCUT2D eigenvalue weighted by molar-refractivity contribution is -0.121. The number of nitrogens with one attached hydrogen (secondary N) is 2. The third kappa shape index (κ3) is 10.2. The maximum absolute atomic E-state index is 12.4. The third-order valence-electron chi connectivity index (χ3n) is 7.80. The first-order valence-corrected chi connectivity index (χ1v) is 17.5. The molecule has 41 heavy (non-hydrogen) atoms. The first-order valence-electron chi connectivity index (χ1n) is 14.3. The van der Waals surface area contributed by atoms with Crippen molar-refractivity contribution < 1.29 is 19.4 Å². The number of hydrogen-bond donors (Lipinski definition) is 4. The van der Waals surface area contributed by atoms with Gasteiger partial charge in [-0.1, -0.05) is 74.8 Å². The first-order chi connectivity index (χ1) is 19.2. The Kier molecular flexibility index (Phi) is 11.4. The second kappa shape index (κ2) is 14.4. The number of carbonyl (C=O) groups excluding carboxylic acids is 1. The molecule has 4 N–H and O–H groups in total. The summed E-state index contributed by atoms with van der Waals surface area (Å²) < 4.78 is 6.74. The SMILES string of the molecule is C[C@H](Cc1cccc(CCC(=O)NCc2ccccc2Cl)c1)NC[C@H](O[Si](C)(C)C(C)(C)C)c1cc(O)cc(O)c1. The highest BCUT2D eigenvalue weighted by molar-refractivity contribution is 6.74. The van der Waals surface area contributed by atoms with Gasteiger partial charge in [0.15, 0.2) is 8.32 Å². The summed E-state index contributed by atoms with van der Waals surface area (Å²) in [5.41, 5.74) is 3.97. The standard InChI is InChI=1S/C33H45ClN2O4Si/c1-23(35-22-31(40-41(5,6)33(2,3)4)27-18-28(37)20-29(38)19-27)16-25-11-9-10-24(17-25)14-15-32(39)36-21-26-12-7-8-13-30(26)34/h7-13,17-20,23,31,35,37-38H,14-16,21-22H2,1-6H3,(H,36,39)/t23-,31+/m1/s1.